The van der Waals surface area contributed by atoms with Crippen molar-refractivity contribution in [3.8, 4) is 5.75 Å². The van der Waals surface area contributed by atoms with Gasteiger partial charge in [0.25, 0.3) is 10.0 Å². The first kappa shape index (κ1) is 23.2. The first-order chi connectivity index (χ1) is 16.8. The van der Waals surface area contributed by atoms with Crippen molar-refractivity contribution in [2.75, 3.05) is 20.2 Å². The highest BCUT2D eigenvalue weighted by atomic mass is 32.2. The molecule has 1 atom stereocenters. The molecule has 1 amide bonds. The molecular weight excluding hydrogens is 466 g/mol. The number of carbonyl (C=O) groups is 1. The summed E-state index contributed by atoms with van der Waals surface area (Å²) in [5, 5.41) is 11.1. The third-order valence-corrected chi connectivity index (χ3v) is 8.73. The highest BCUT2D eigenvalue weighted by Crippen LogP contribution is 2.41. The fraction of sp³-hybridized carbons (Fsp3) is 0.308. The SMILES string of the molecule is COc1ccc2nccc(C=C3C(N(C(=O)O)S(=O)(=O)c4ccc(C)cc4)C4CCN3CC4)c2c1. The molecule has 0 aliphatic carbocycles. The highest BCUT2D eigenvalue weighted by molar-refractivity contribution is 7.89. The third-order valence-electron chi connectivity index (χ3n) is 6.96. The van der Waals surface area contributed by atoms with Crippen LogP contribution in [0.15, 0.2) is 65.3 Å². The number of benzene rings is 2. The van der Waals surface area contributed by atoms with Gasteiger partial charge in [0.1, 0.15) is 5.75 Å². The number of carboxylic acid groups (broad SMARTS) is 1. The number of methoxy groups -OCH3 is 1. The van der Waals surface area contributed by atoms with E-state index in [1.807, 2.05) is 37.3 Å². The van der Waals surface area contributed by atoms with E-state index in [0.29, 0.717) is 15.8 Å². The number of nitrogens with zero attached hydrogens (tertiary/aromatic N) is 3. The molecular formula is C26H27N3O5S. The molecule has 6 rings (SSSR count). The smallest absolute Gasteiger partial charge is 0.422 e. The Balaban J connectivity index is 1.66. The molecule has 3 aliphatic heterocycles. The predicted molar refractivity (Wildman–Crippen MR) is 133 cm³/mol. The Morgan fingerprint density at radius 2 is 1.86 bits per heavy atom. The molecule has 3 aliphatic rings. The molecule has 0 spiro atoms. The van der Waals surface area contributed by atoms with E-state index in [1.54, 1.807) is 25.4 Å². The van der Waals surface area contributed by atoms with Gasteiger partial charge in [0.15, 0.2) is 0 Å². The van der Waals surface area contributed by atoms with Crippen LogP contribution in [0.3, 0.4) is 0 Å². The topological polar surface area (TPSA) is 100 Å². The summed E-state index contributed by atoms with van der Waals surface area (Å²) in [5.41, 5.74) is 3.20. The molecule has 9 heteroatoms. The van der Waals surface area contributed by atoms with Gasteiger partial charge in [0.2, 0.25) is 0 Å². The van der Waals surface area contributed by atoms with Crippen LogP contribution in [0.25, 0.3) is 17.0 Å². The summed E-state index contributed by atoms with van der Waals surface area (Å²) in [4.78, 5) is 19.0. The van der Waals surface area contributed by atoms with E-state index < -0.39 is 22.2 Å². The first-order valence-electron chi connectivity index (χ1n) is 11.5. The van der Waals surface area contributed by atoms with Crippen molar-refractivity contribution in [3.05, 3.63) is 71.6 Å². The molecule has 3 aromatic rings. The van der Waals surface area contributed by atoms with Gasteiger partial charge in [-0.05, 0) is 73.7 Å². The Labute approximate surface area is 204 Å². The molecule has 1 unspecified atom stereocenters. The molecule has 1 aromatic heterocycles. The monoisotopic (exact) mass is 493 g/mol. The summed E-state index contributed by atoms with van der Waals surface area (Å²) in [6.07, 6.45) is 3.61. The summed E-state index contributed by atoms with van der Waals surface area (Å²) in [5.74, 6) is 0.589. The number of aryl methyl sites for hydroxylation is 1. The Morgan fingerprint density at radius 1 is 1.14 bits per heavy atom. The van der Waals surface area contributed by atoms with Gasteiger partial charge >= 0.3 is 6.09 Å². The zero-order valence-electron chi connectivity index (χ0n) is 19.6. The van der Waals surface area contributed by atoms with Crippen molar-refractivity contribution < 1.29 is 23.1 Å². The average Bonchev–Trinajstić information content (AvgIpc) is 2.85. The fourth-order valence-corrected chi connectivity index (χ4v) is 6.64. The van der Waals surface area contributed by atoms with Crippen molar-refractivity contribution in [1.82, 2.24) is 14.2 Å². The van der Waals surface area contributed by atoms with Crippen molar-refractivity contribution in [2.45, 2.75) is 30.7 Å². The van der Waals surface area contributed by atoms with Crippen LogP contribution < -0.4 is 4.74 Å². The van der Waals surface area contributed by atoms with E-state index in [4.69, 9.17) is 4.74 Å². The fourth-order valence-electron chi connectivity index (χ4n) is 5.14. The lowest BCUT2D eigenvalue weighted by Crippen LogP contribution is -2.58. The number of piperidine rings is 3. The quantitative estimate of drug-likeness (QED) is 0.564. The molecule has 2 aromatic carbocycles. The van der Waals surface area contributed by atoms with Crippen LogP contribution in [-0.2, 0) is 10.0 Å². The molecule has 182 valence electrons. The van der Waals surface area contributed by atoms with E-state index in [2.05, 4.69) is 9.88 Å². The van der Waals surface area contributed by atoms with E-state index >= 15 is 0 Å². The summed E-state index contributed by atoms with van der Waals surface area (Å²) >= 11 is 0. The van der Waals surface area contributed by atoms with Crippen LogP contribution in [0.5, 0.6) is 5.75 Å². The molecule has 0 saturated carbocycles. The molecule has 3 saturated heterocycles. The Hall–Kier alpha value is -3.59. The van der Waals surface area contributed by atoms with E-state index in [-0.39, 0.29) is 10.8 Å². The second-order valence-electron chi connectivity index (χ2n) is 9.02. The van der Waals surface area contributed by atoms with Crippen LogP contribution in [-0.4, -0.2) is 60.0 Å². The van der Waals surface area contributed by atoms with Gasteiger partial charge in [-0.15, -0.1) is 0 Å². The highest BCUT2D eigenvalue weighted by Gasteiger charge is 2.48. The van der Waals surface area contributed by atoms with Gasteiger partial charge in [0.05, 0.1) is 23.6 Å². The number of fused-ring (bicyclic) bond motifs is 4. The lowest BCUT2D eigenvalue weighted by atomic mass is 9.81. The minimum Gasteiger partial charge on any atom is -0.497 e. The molecule has 1 N–H and O–H groups in total. The van der Waals surface area contributed by atoms with Crippen LogP contribution in [0, 0.1) is 12.8 Å². The predicted octanol–water partition coefficient (Wildman–Crippen LogP) is 4.36. The van der Waals surface area contributed by atoms with E-state index in [1.165, 1.54) is 12.1 Å². The average molecular weight is 494 g/mol. The lowest BCUT2D eigenvalue weighted by Gasteiger charge is -2.50. The summed E-state index contributed by atoms with van der Waals surface area (Å²) in [7, 11) is -2.69. The first-order valence-corrected chi connectivity index (χ1v) is 13.0. The summed E-state index contributed by atoms with van der Waals surface area (Å²) in [6.45, 7) is 3.38. The molecule has 4 heterocycles. The molecule has 8 nitrogen and oxygen atoms in total. The van der Waals surface area contributed by atoms with Gasteiger partial charge in [0, 0.05) is 30.4 Å². The number of ether oxygens (including phenoxy) is 1. The minimum atomic E-state index is -4.28. The number of sulfonamides is 1. The lowest BCUT2D eigenvalue weighted by molar-refractivity contribution is 0.0818. The maximum atomic E-state index is 13.6. The van der Waals surface area contributed by atoms with Crippen molar-refractivity contribution in [2.24, 2.45) is 5.92 Å². The van der Waals surface area contributed by atoms with Crippen LogP contribution in [0.1, 0.15) is 24.0 Å². The van der Waals surface area contributed by atoms with Gasteiger partial charge < -0.3 is 14.7 Å². The molecule has 2 bridgehead atoms. The zero-order valence-corrected chi connectivity index (χ0v) is 20.4. The van der Waals surface area contributed by atoms with E-state index in [0.717, 1.165) is 48.0 Å². The second-order valence-corrected chi connectivity index (χ2v) is 10.8. The maximum absolute atomic E-state index is 13.6. The molecule has 35 heavy (non-hydrogen) atoms. The van der Waals surface area contributed by atoms with Gasteiger partial charge in [-0.2, -0.15) is 4.31 Å². The number of hydrogen-bond acceptors (Lipinski definition) is 6. The van der Waals surface area contributed by atoms with Crippen LogP contribution in [0.2, 0.25) is 0 Å². The maximum Gasteiger partial charge on any atom is 0.422 e. The van der Waals surface area contributed by atoms with Gasteiger partial charge in [-0.1, -0.05) is 17.7 Å². The normalized spacial score (nSPS) is 20.9. The Morgan fingerprint density at radius 3 is 2.51 bits per heavy atom. The van der Waals surface area contributed by atoms with Crippen molar-refractivity contribution in [1.29, 1.82) is 0 Å². The van der Waals surface area contributed by atoms with Crippen molar-refractivity contribution >= 4 is 33.1 Å². The Kier molecular flexibility index (Phi) is 5.88. The Bertz CT molecular complexity index is 1410. The zero-order chi connectivity index (χ0) is 24.7. The molecule has 3 fully saturated rings. The van der Waals surface area contributed by atoms with Gasteiger partial charge in [-0.3, -0.25) is 4.98 Å². The third kappa shape index (κ3) is 4.10. The van der Waals surface area contributed by atoms with Crippen LogP contribution in [0.4, 0.5) is 4.79 Å². The number of rotatable bonds is 5. The summed E-state index contributed by atoms with van der Waals surface area (Å²) in [6, 6.07) is 12.9. The molecule has 0 radical (unpaired) electrons. The number of hydrogen-bond donors (Lipinski definition) is 1. The van der Waals surface area contributed by atoms with Crippen molar-refractivity contribution in [3.63, 3.8) is 0 Å². The standard InChI is InChI=1S/C26H27N3O5S/c1-17-3-6-21(7-4-17)35(32,33)29(26(30)31)25-18-10-13-28(14-11-18)24(25)15-19-9-12-27-23-8-5-20(34-2)16-22(19)23/h3-9,12,15-16,18,25H,10-11,13-14H2,1-2H3,(H,30,31). The summed E-state index contributed by atoms with van der Waals surface area (Å²) < 4.78 is 33.3. The van der Waals surface area contributed by atoms with Crippen LogP contribution >= 0.6 is 0 Å². The minimum absolute atomic E-state index is 0.0274. The number of aromatic nitrogens is 1. The number of amides is 1. The van der Waals surface area contributed by atoms with Gasteiger partial charge in [-0.25, -0.2) is 13.2 Å². The largest absolute Gasteiger partial charge is 0.497 e. The van der Waals surface area contributed by atoms with E-state index in [9.17, 15) is 18.3 Å². The number of pyridine rings is 1. The second kappa shape index (κ2) is 8.88.